The summed E-state index contributed by atoms with van der Waals surface area (Å²) in [6.45, 7) is 4.75. The minimum Gasteiger partial charge on any atom is -0.455 e. The summed E-state index contributed by atoms with van der Waals surface area (Å²) < 4.78 is 8.78. The molecule has 0 spiro atoms. The fourth-order valence-electron chi connectivity index (χ4n) is 8.21. The van der Waals surface area contributed by atoms with Gasteiger partial charge >= 0.3 is 0 Å². The summed E-state index contributed by atoms with van der Waals surface area (Å²) in [7, 11) is 0. The molecular weight excluding hydrogens is 546 g/mol. The van der Waals surface area contributed by atoms with Gasteiger partial charge in [-0.15, -0.1) is 0 Å². The van der Waals surface area contributed by atoms with Crippen LogP contribution in [0.25, 0.3) is 82.5 Å². The topological polar surface area (TPSA) is 18.1 Å². The van der Waals surface area contributed by atoms with Gasteiger partial charge in [0.25, 0.3) is 0 Å². The van der Waals surface area contributed by atoms with Crippen molar-refractivity contribution in [1.82, 2.24) is 4.57 Å². The maximum absolute atomic E-state index is 6.36. The molecule has 0 aliphatic heterocycles. The molecule has 1 aliphatic rings. The van der Waals surface area contributed by atoms with Crippen LogP contribution in [0.5, 0.6) is 0 Å². The second-order valence-electron chi connectivity index (χ2n) is 12.9. The number of furan rings is 1. The molecule has 10 rings (SSSR count). The Kier molecular flexibility index (Phi) is 4.82. The molecule has 2 aromatic heterocycles. The van der Waals surface area contributed by atoms with Crippen molar-refractivity contribution < 1.29 is 4.42 Å². The van der Waals surface area contributed by atoms with Gasteiger partial charge in [0.2, 0.25) is 0 Å². The zero-order valence-electron chi connectivity index (χ0n) is 25.1. The Morgan fingerprint density at radius 3 is 2.09 bits per heavy atom. The van der Waals surface area contributed by atoms with Crippen LogP contribution in [0.3, 0.4) is 0 Å². The SMILES string of the molecule is CC1(C)c2ccccc2-c2ccc3c(ccc4c3c3ccccc3n4-c3ccc(-c4cccc5c4oc4ccccc45)cc3)c21. The number of benzene rings is 7. The van der Waals surface area contributed by atoms with E-state index in [4.69, 9.17) is 4.42 Å². The molecule has 1 aliphatic carbocycles. The summed E-state index contributed by atoms with van der Waals surface area (Å²) in [6, 6.07) is 50.8. The number of rotatable bonds is 2. The summed E-state index contributed by atoms with van der Waals surface area (Å²) in [5, 5.41) is 7.56. The molecule has 2 heterocycles. The molecule has 0 radical (unpaired) electrons. The molecule has 0 saturated carbocycles. The van der Waals surface area contributed by atoms with Crippen molar-refractivity contribution in [2.24, 2.45) is 0 Å². The first kappa shape index (κ1) is 24.8. The molecule has 0 bridgehead atoms. The molecule has 0 N–H and O–H groups in total. The molecule has 7 aromatic carbocycles. The van der Waals surface area contributed by atoms with Crippen LogP contribution in [0.2, 0.25) is 0 Å². The van der Waals surface area contributed by atoms with Gasteiger partial charge in [0.15, 0.2) is 0 Å². The molecule has 9 aromatic rings. The minimum absolute atomic E-state index is 0.0595. The highest BCUT2D eigenvalue weighted by Crippen LogP contribution is 2.52. The molecule has 0 unspecified atom stereocenters. The van der Waals surface area contributed by atoms with Crippen molar-refractivity contribution in [2.45, 2.75) is 19.3 Å². The second kappa shape index (κ2) is 8.74. The molecule has 0 fully saturated rings. The monoisotopic (exact) mass is 575 g/mol. The number of hydrogen-bond acceptors (Lipinski definition) is 1. The van der Waals surface area contributed by atoms with Crippen LogP contribution < -0.4 is 0 Å². The Balaban J connectivity index is 1.18. The van der Waals surface area contributed by atoms with Crippen molar-refractivity contribution in [3.8, 4) is 27.9 Å². The lowest BCUT2D eigenvalue weighted by Crippen LogP contribution is -2.15. The minimum atomic E-state index is -0.0595. The predicted molar refractivity (Wildman–Crippen MR) is 189 cm³/mol. The molecule has 45 heavy (non-hydrogen) atoms. The van der Waals surface area contributed by atoms with Crippen molar-refractivity contribution in [3.05, 3.63) is 151 Å². The highest BCUT2D eigenvalue weighted by atomic mass is 16.3. The van der Waals surface area contributed by atoms with Crippen LogP contribution >= 0.6 is 0 Å². The molecular formula is C43H29NO. The first-order chi connectivity index (χ1) is 22.1. The maximum atomic E-state index is 6.36. The Hall–Kier alpha value is -5.60. The lowest BCUT2D eigenvalue weighted by atomic mass is 9.80. The van der Waals surface area contributed by atoms with Gasteiger partial charge in [-0.2, -0.15) is 0 Å². The lowest BCUT2D eigenvalue weighted by molar-refractivity contribution is 0.666. The number of para-hydroxylation sites is 3. The van der Waals surface area contributed by atoms with E-state index in [9.17, 15) is 0 Å². The van der Waals surface area contributed by atoms with Gasteiger partial charge in [0, 0.05) is 38.2 Å². The summed E-state index contributed by atoms with van der Waals surface area (Å²) in [5.74, 6) is 0. The quantitative estimate of drug-likeness (QED) is 0.200. The van der Waals surface area contributed by atoms with Crippen molar-refractivity contribution in [3.63, 3.8) is 0 Å². The van der Waals surface area contributed by atoms with Crippen LogP contribution in [0.4, 0.5) is 0 Å². The normalized spacial score (nSPS) is 13.7. The average Bonchev–Trinajstić information content (AvgIpc) is 3.71. The predicted octanol–water partition coefficient (Wildman–Crippen LogP) is 11.8. The van der Waals surface area contributed by atoms with E-state index in [-0.39, 0.29) is 5.41 Å². The van der Waals surface area contributed by atoms with Crippen LogP contribution in [0.15, 0.2) is 144 Å². The largest absolute Gasteiger partial charge is 0.455 e. The molecule has 2 heteroatoms. The lowest BCUT2D eigenvalue weighted by Gasteiger charge is -2.23. The summed E-state index contributed by atoms with van der Waals surface area (Å²) in [5.41, 5.74) is 13.2. The molecule has 0 saturated heterocycles. The van der Waals surface area contributed by atoms with Crippen LogP contribution in [-0.2, 0) is 5.41 Å². The Morgan fingerprint density at radius 1 is 0.489 bits per heavy atom. The van der Waals surface area contributed by atoms with Gasteiger partial charge in [0.1, 0.15) is 11.2 Å². The second-order valence-corrected chi connectivity index (χ2v) is 12.9. The van der Waals surface area contributed by atoms with E-state index in [0.717, 1.165) is 38.8 Å². The summed E-state index contributed by atoms with van der Waals surface area (Å²) >= 11 is 0. The third kappa shape index (κ3) is 3.24. The average molecular weight is 576 g/mol. The maximum Gasteiger partial charge on any atom is 0.143 e. The summed E-state index contributed by atoms with van der Waals surface area (Å²) in [4.78, 5) is 0. The third-order valence-electron chi connectivity index (χ3n) is 10.2. The summed E-state index contributed by atoms with van der Waals surface area (Å²) in [6.07, 6.45) is 0. The Morgan fingerprint density at radius 2 is 1.20 bits per heavy atom. The van der Waals surface area contributed by atoms with E-state index in [1.54, 1.807) is 0 Å². The van der Waals surface area contributed by atoms with Crippen molar-refractivity contribution in [2.75, 3.05) is 0 Å². The van der Waals surface area contributed by atoms with Crippen LogP contribution in [0, 0.1) is 0 Å². The smallest absolute Gasteiger partial charge is 0.143 e. The highest BCUT2D eigenvalue weighted by Gasteiger charge is 2.36. The van der Waals surface area contributed by atoms with E-state index < -0.39 is 0 Å². The van der Waals surface area contributed by atoms with Crippen molar-refractivity contribution >= 4 is 54.5 Å². The van der Waals surface area contributed by atoms with Gasteiger partial charge in [0.05, 0.1) is 11.0 Å². The van der Waals surface area contributed by atoms with E-state index in [0.29, 0.717) is 0 Å². The first-order valence-corrected chi connectivity index (χ1v) is 15.7. The van der Waals surface area contributed by atoms with Gasteiger partial charge < -0.3 is 8.98 Å². The number of nitrogens with zero attached hydrogens (tertiary/aromatic N) is 1. The molecule has 2 nitrogen and oxygen atoms in total. The number of fused-ring (bicyclic) bond motifs is 12. The van der Waals surface area contributed by atoms with E-state index in [1.165, 1.54) is 54.8 Å². The van der Waals surface area contributed by atoms with Gasteiger partial charge in [-0.1, -0.05) is 123 Å². The fourth-order valence-corrected chi connectivity index (χ4v) is 8.21. The van der Waals surface area contributed by atoms with Crippen LogP contribution in [-0.4, -0.2) is 4.57 Å². The van der Waals surface area contributed by atoms with E-state index in [1.807, 2.05) is 12.1 Å². The first-order valence-electron chi connectivity index (χ1n) is 15.7. The highest BCUT2D eigenvalue weighted by molar-refractivity contribution is 6.22. The fraction of sp³-hybridized carbons (Fsp3) is 0.0698. The van der Waals surface area contributed by atoms with Gasteiger partial charge in [-0.3, -0.25) is 0 Å². The molecule has 212 valence electrons. The molecule has 0 atom stereocenters. The Labute approximate surface area is 260 Å². The van der Waals surface area contributed by atoms with Crippen molar-refractivity contribution in [1.29, 1.82) is 0 Å². The molecule has 0 amide bonds. The standard InChI is InChI=1S/C43H29NO/c1-43(2)36-15-6-3-10-29(36)32-23-22-31-33(41(32)43)24-25-38-40(31)35-12-4-7-16-37(35)44(38)27-20-18-26(19-21-27)28-13-9-14-34-30-11-5-8-17-39(30)45-42(28)34/h3-25H,1-2H3. The van der Waals surface area contributed by atoms with E-state index in [2.05, 4.69) is 146 Å². The van der Waals surface area contributed by atoms with Crippen LogP contribution in [0.1, 0.15) is 25.0 Å². The van der Waals surface area contributed by atoms with Gasteiger partial charge in [-0.05, 0) is 68.9 Å². The zero-order valence-corrected chi connectivity index (χ0v) is 25.1. The van der Waals surface area contributed by atoms with E-state index >= 15 is 0 Å². The number of aromatic nitrogens is 1. The third-order valence-corrected chi connectivity index (χ3v) is 10.2. The zero-order chi connectivity index (χ0) is 29.9. The number of hydrogen-bond donors (Lipinski definition) is 0. The Bertz CT molecular complexity index is 2670. The van der Waals surface area contributed by atoms with Gasteiger partial charge in [-0.25, -0.2) is 0 Å².